The summed E-state index contributed by atoms with van der Waals surface area (Å²) in [7, 11) is 0. The Hall–Kier alpha value is -2.32. The first-order valence-electron chi connectivity index (χ1n) is 7.82. The minimum Gasteiger partial charge on any atom is -0.368 e. The van der Waals surface area contributed by atoms with Crippen LogP contribution in [0.3, 0.4) is 0 Å². The van der Waals surface area contributed by atoms with Crippen molar-refractivity contribution < 1.29 is 14.3 Å². The van der Waals surface area contributed by atoms with Crippen molar-refractivity contribution in [3.8, 4) is 0 Å². The summed E-state index contributed by atoms with van der Waals surface area (Å²) in [6.07, 6.45) is 1.89. The van der Waals surface area contributed by atoms with Crippen molar-refractivity contribution in [2.75, 3.05) is 17.2 Å². The van der Waals surface area contributed by atoms with Crippen molar-refractivity contribution in [1.29, 1.82) is 0 Å². The lowest BCUT2D eigenvalue weighted by atomic mass is 10.1. The number of hydrogen-bond acceptors (Lipinski definition) is 6. The molecule has 126 valence electrons. The maximum Gasteiger partial charge on any atom is 0.259 e. The smallest absolute Gasteiger partial charge is 0.259 e. The Balaban J connectivity index is 1.72. The van der Waals surface area contributed by atoms with E-state index in [2.05, 4.69) is 20.8 Å². The summed E-state index contributed by atoms with van der Waals surface area (Å²) in [5, 5.41) is 14.7. The molecule has 0 spiro atoms. The first kappa shape index (κ1) is 16.5. The Kier molecular flexibility index (Phi) is 5.17. The molecule has 8 heteroatoms. The van der Waals surface area contributed by atoms with Crippen molar-refractivity contribution in [2.45, 2.75) is 32.3 Å². The lowest BCUT2D eigenvalue weighted by Gasteiger charge is -2.13. The van der Waals surface area contributed by atoms with Gasteiger partial charge in [0.2, 0.25) is 5.13 Å². The fourth-order valence-corrected chi connectivity index (χ4v) is 3.07. The highest BCUT2D eigenvalue weighted by Gasteiger charge is 2.25. The van der Waals surface area contributed by atoms with E-state index in [1.54, 1.807) is 24.3 Å². The number of rotatable bonds is 5. The summed E-state index contributed by atoms with van der Waals surface area (Å²) >= 11 is 1.33. The molecular formula is C16H18N4O3S. The topological polar surface area (TPSA) is 93.2 Å². The zero-order valence-electron chi connectivity index (χ0n) is 13.2. The lowest BCUT2D eigenvalue weighted by molar-refractivity contribution is -0.124. The number of anilines is 2. The van der Waals surface area contributed by atoms with Crippen LogP contribution in [-0.4, -0.2) is 34.7 Å². The molecule has 1 aromatic heterocycles. The van der Waals surface area contributed by atoms with E-state index in [0.29, 0.717) is 29.4 Å². The van der Waals surface area contributed by atoms with Crippen LogP contribution in [0.5, 0.6) is 0 Å². The van der Waals surface area contributed by atoms with Crippen LogP contribution in [0.1, 0.15) is 35.1 Å². The van der Waals surface area contributed by atoms with Gasteiger partial charge in [0.15, 0.2) is 0 Å². The van der Waals surface area contributed by atoms with Crippen molar-refractivity contribution >= 4 is 34.0 Å². The fourth-order valence-electron chi connectivity index (χ4n) is 2.40. The average molecular weight is 346 g/mol. The van der Waals surface area contributed by atoms with Gasteiger partial charge in [0, 0.05) is 6.61 Å². The maximum absolute atomic E-state index is 12.5. The van der Waals surface area contributed by atoms with Crippen LogP contribution in [0.15, 0.2) is 24.3 Å². The molecule has 1 fully saturated rings. The quantitative estimate of drug-likeness (QED) is 0.867. The maximum atomic E-state index is 12.5. The monoisotopic (exact) mass is 346 g/mol. The summed E-state index contributed by atoms with van der Waals surface area (Å²) in [5.41, 5.74) is 0.827. The molecule has 2 N–H and O–H groups in total. The second kappa shape index (κ2) is 7.50. The lowest BCUT2D eigenvalue weighted by Crippen LogP contribution is -2.28. The first-order valence-corrected chi connectivity index (χ1v) is 8.64. The van der Waals surface area contributed by atoms with Crippen LogP contribution in [0.2, 0.25) is 0 Å². The van der Waals surface area contributed by atoms with Gasteiger partial charge in [0.1, 0.15) is 11.1 Å². The van der Waals surface area contributed by atoms with Gasteiger partial charge in [-0.3, -0.25) is 14.9 Å². The average Bonchev–Trinajstić information content (AvgIpc) is 3.27. The Morgan fingerprint density at radius 1 is 1.29 bits per heavy atom. The third-order valence-corrected chi connectivity index (χ3v) is 4.62. The molecule has 0 saturated carbocycles. The predicted molar refractivity (Wildman–Crippen MR) is 91.3 cm³/mol. The second-order valence-corrected chi connectivity index (χ2v) is 6.41. The normalized spacial score (nSPS) is 16.8. The highest BCUT2D eigenvalue weighted by Crippen LogP contribution is 2.21. The molecule has 1 saturated heterocycles. The van der Waals surface area contributed by atoms with Crippen LogP contribution in [-0.2, 0) is 16.0 Å². The molecular weight excluding hydrogens is 328 g/mol. The molecule has 0 bridgehead atoms. The Bertz CT molecular complexity index is 740. The zero-order chi connectivity index (χ0) is 16.9. The molecule has 3 rings (SSSR count). The number of carbonyl (C=O) groups is 2. The number of aryl methyl sites for hydroxylation is 1. The molecule has 2 heterocycles. The van der Waals surface area contributed by atoms with Crippen molar-refractivity contribution in [2.24, 2.45) is 0 Å². The van der Waals surface area contributed by atoms with Crippen LogP contribution in [0.25, 0.3) is 0 Å². The van der Waals surface area contributed by atoms with Gasteiger partial charge >= 0.3 is 0 Å². The van der Waals surface area contributed by atoms with Crippen LogP contribution in [0.4, 0.5) is 10.8 Å². The molecule has 24 heavy (non-hydrogen) atoms. The van der Waals surface area contributed by atoms with Gasteiger partial charge < -0.3 is 10.1 Å². The van der Waals surface area contributed by atoms with Crippen molar-refractivity contribution in [3.63, 3.8) is 0 Å². The second-order valence-electron chi connectivity index (χ2n) is 5.35. The predicted octanol–water partition coefficient (Wildman–Crippen LogP) is 2.47. The number of benzene rings is 1. The number of carbonyl (C=O) groups excluding carboxylic acids is 2. The Morgan fingerprint density at radius 2 is 2.12 bits per heavy atom. The van der Waals surface area contributed by atoms with E-state index in [0.717, 1.165) is 17.8 Å². The number of para-hydroxylation sites is 1. The number of aromatic nitrogens is 2. The van der Waals surface area contributed by atoms with Crippen molar-refractivity contribution in [3.05, 3.63) is 34.8 Å². The molecule has 1 aliphatic rings. The van der Waals surface area contributed by atoms with Crippen LogP contribution in [0, 0.1) is 0 Å². The Labute approximate surface area is 143 Å². The molecule has 7 nitrogen and oxygen atoms in total. The molecule has 1 atom stereocenters. The fraction of sp³-hybridized carbons (Fsp3) is 0.375. The number of nitrogens with zero attached hydrogens (tertiary/aromatic N) is 2. The summed E-state index contributed by atoms with van der Waals surface area (Å²) < 4.78 is 5.37. The zero-order valence-corrected chi connectivity index (χ0v) is 14.1. The molecule has 0 aliphatic carbocycles. The number of amides is 2. The summed E-state index contributed by atoms with van der Waals surface area (Å²) in [6, 6.07) is 6.86. The van der Waals surface area contributed by atoms with Gasteiger partial charge in [-0.2, -0.15) is 0 Å². The van der Waals surface area contributed by atoms with E-state index in [1.165, 1.54) is 11.3 Å². The standard InChI is InChI=1S/C16H18N4O3S/c1-2-13-19-20-16(24-13)18-14(21)10-6-3-4-7-11(10)17-15(22)12-8-5-9-23-12/h3-4,6-7,12H,2,5,8-9H2,1H3,(H,17,22)(H,18,20,21)/t12-/m1/s1. The van der Waals surface area contributed by atoms with Gasteiger partial charge in [-0.1, -0.05) is 30.4 Å². The highest BCUT2D eigenvalue weighted by molar-refractivity contribution is 7.15. The third kappa shape index (κ3) is 3.77. The molecule has 2 amide bonds. The van der Waals surface area contributed by atoms with E-state index in [4.69, 9.17) is 4.74 Å². The van der Waals surface area contributed by atoms with Crippen LogP contribution >= 0.6 is 11.3 Å². The van der Waals surface area contributed by atoms with Gasteiger partial charge in [-0.25, -0.2) is 0 Å². The van der Waals surface area contributed by atoms with E-state index in [-0.39, 0.29) is 11.8 Å². The van der Waals surface area contributed by atoms with Crippen LogP contribution < -0.4 is 10.6 Å². The molecule has 1 aromatic carbocycles. The SMILES string of the molecule is CCc1nnc(NC(=O)c2ccccc2NC(=O)[C@H]2CCCO2)s1. The molecule has 0 unspecified atom stereocenters. The third-order valence-electron chi connectivity index (χ3n) is 3.64. The summed E-state index contributed by atoms with van der Waals surface area (Å²) in [4.78, 5) is 24.7. The number of hydrogen-bond donors (Lipinski definition) is 2. The first-order chi connectivity index (χ1) is 11.7. The minimum atomic E-state index is -0.448. The number of ether oxygens (including phenoxy) is 1. The Morgan fingerprint density at radius 3 is 2.83 bits per heavy atom. The van der Waals surface area contributed by atoms with Gasteiger partial charge in [-0.05, 0) is 31.4 Å². The summed E-state index contributed by atoms with van der Waals surface area (Å²) in [5.74, 6) is -0.561. The minimum absolute atomic E-state index is 0.225. The van der Waals surface area contributed by atoms with E-state index in [1.807, 2.05) is 6.92 Å². The summed E-state index contributed by atoms with van der Waals surface area (Å²) in [6.45, 7) is 2.57. The van der Waals surface area contributed by atoms with Gasteiger partial charge in [0.05, 0.1) is 11.3 Å². The molecule has 2 aromatic rings. The van der Waals surface area contributed by atoms with E-state index >= 15 is 0 Å². The van der Waals surface area contributed by atoms with Gasteiger partial charge in [-0.15, -0.1) is 10.2 Å². The largest absolute Gasteiger partial charge is 0.368 e. The van der Waals surface area contributed by atoms with E-state index in [9.17, 15) is 9.59 Å². The van der Waals surface area contributed by atoms with E-state index < -0.39 is 6.10 Å². The molecule has 0 radical (unpaired) electrons. The number of nitrogens with one attached hydrogen (secondary N) is 2. The highest BCUT2D eigenvalue weighted by atomic mass is 32.1. The van der Waals surface area contributed by atoms with Crippen molar-refractivity contribution in [1.82, 2.24) is 10.2 Å². The molecule has 1 aliphatic heterocycles. The van der Waals surface area contributed by atoms with Gasteiger partial charge in [0.25, 0.3) is 11.8 Å².